The number of aromatic nitrogens is 6. The van der Waals surface area contributed by atoms with Crippen molar-refractivity contribution in [2.75, 3.05) is 5.32 Å². The number of hydrogen-bond acceptors (Lipinski definition) is 7. The van der Waals surface area contributed by atoms with E-state index in [0.717, 1.165) is 40.7 Å². The highest BCUT2D eigenvalue weighted by molar-refractivity contribution is 7.13. The third-order valence-corrected chi connectivity index (χ3v) is 7.89. The maximum Gasteiger partial charge on any atom is 0.161 e. The third-order valence-electron chi connectivity index (χ3n) is 6.99. The number of hydrogen-bond donors (Lipinski definition) is 4. The first kappa shape index (κ1) is 22.1. The lowest BCUT2D eigenvalue weighted by Gasteiger charge is -2.31. The number of thiophene rings is 1. The van der Waals surface area contributed by atoms with Crippen molar-refractivity contribution in [2.24, 2.45) is 5.92 Å². The van der Waals surface area contributed by atoms with Gasteiger partial charge in [-0.1, -0.05) is 24.6 Å². The number of H-pyrrole nitrogens is 2. The minimum absolute atomic E-state index is 0.153. The molecule has 5 aromatic heterocycles. The zero-order chi connectivity index (χ0) is 24.9. The Morgan fingerprint density at radius 1 is 1.08 bits per heavy atom. The van der Waals surface area contributed by atoms with E-state index in [-0.39, 0.29) is 11.6 Å². The molecular formula is C27H22FN7OS. The molecule has 0 bridgehead atoms. The predicted molar refractivity (Wildman–Crippen MR) is 142 cm³/mol. The summed E-state index contributed by atoms with van der Waals surface area (Å²) in [4.78, 5) is 17.8. The van der Waals surface area contributed by atoms with Crippen LogP contribution in [0.2, 0.25) is 0 Å². The summed E-state index contributed by atoms with van der Waals surface area (Å²) in [5.74, 6) is 0.185. The molecule has 7 rings (SSSR count). The smallest absolute Gasteiger partial charge is 0.161 e. The molecule has 1 atom stereocenters. The first-order chi connectivity index (χ1) is 18.2. The van der Waals surface area contributed by atoms with E-state index in [1.54, 1.807) is 36.0 Å². The van der Waals surface area contributed by atoms with Gasteiger partial charge in [-0.25, -0.2) is 9.37 Å². The van der Waals surface area contributed by atoms with Crippen molar-refractivity contribution in [3.63, 3.8) is 0 Å². The molecule has 0 aliphatic heterocycles. The summed E-state index contributed by atoms with van der Waals surface area (Å²) in [5, 5.41) is 23.1. The number of aliphatic hydroxyl groups excluding tert-OH is 1. The van der Waals surface area contributed by atoms with Crippen LogP contribution in [0.1, 0.15) is 19.3 Å². The van der Waals surface area contributed by atoms with Crippen molar-refractivity contribution in [3.8, 4) is 33.2 Å². The molecule has 37 heavy (non-hydrogen) atoms. The van der Waals surface area contributed by atoms with Gasteiger partial charge in [0.2, 0.25) is 0 Å². The largest absolute Gasteiger partial charge is 0.374 e. The van der Waals surface area contributed by atoms with Crippen molar-refractivity contribution in [1.29, 1.82) is 0 Å². The van der Waals surface area contributed by atoms with Crippen LogP contribution in [0.4, 0.5) is 10.1 Å². The Kier molecular flexibility index (Phi) is 5.22. The molecule has 6 aromatic rings. The second-order valence-electron chi connectivity index (χ2n) is 9.29. The zero-order valence-electron chi connectivity index (χ0n) is 19.6. The lowest BCUT2D eigenvalue weighted by Crippen LogP contribution is -2.33. The van der Waals surface area contributed by atoms with Gasteiger partial charge in [-0.3, -0.25) is 15.1 Å². The molecule has 1 fully saturated rings. The maximum atomic E-state index is 16.0. The van der Waals surface area contributed by atoms with Gasteiger partial charge in [0, 0.05) is 28.1 Å². The molecule has 1 saturated carbocycles. The van der Waals surface area contributed by atoms with E-state index in [2.05, 4.69) is 36.5 Å². The molecular weight excluding hydrogens is 489 g/mol. The molecule has 0 saturated heterocycles. The standard InChI is InChI=1S/C27H22FN7OS/c28-22-21-19(13-30-23(22)15-10-16(12-29-11-15)31-27(36)14-4-1-5-14)34-35-25(21)26-32-18-7-2-6-17(24(18)33-26)20-8-3-9-37-20/h2-3,6-14,27,31,36H,1,4-5H2,(H,32,33)(H,34,35). The van der Waals surface area contributed by atoms with Crippen LogP contribution in [-0.4, -0.2) is 41.5 Å². The lowest BCUT2D eigenvalue weighted by molar-refractivity contribution is 0.0851. The monoisotopic (exact) mass is 511 g/mol. The van der Waals surface area contributed by atoms with Gasteiger partial charge in [0.25, 0.3) is 0 Å². The van der Waals surface area contributed by atoms with Crippen LogP contribution in [-0.2, 0) is 0 Å². The Morgan fingerprint density at radius 2 is 2.00 bits per heavy atom. The van der Waals surface area contributed by atoms with Crippen molar-refractivity contribution in [3.05, 3.63) is 66.2 Å². The number of pyridine rings is 2. The van der Waals surface area contributed by atoms with Crippen LogP contribution in [0.25, 0.3) is 55.2 Å². The molecule has 10 heteroatoms. The Hall–Kier alpha value is -4.15. The van der Waals surface area contributed by atoms with Gasteiger partial charge in [0.1, 0.15) is 17.6 Å². The van der Waals surface area contributed by atoms with Gasteiger partial charge in [-0.2, -0.15) is 5.10 Å². The molecule has 1 aliphatic carbocycles. The van der Waals surface area contributed by atoms with Crippen molar-refractivity contribution in [1.82, 2.24) is 30.1 Å². The summed E-state index contributed by atoms with van der Waals surface area (Å²) < 4.78 is 16.0. The van der Waals surface area contributed by atoms with Crippen molar-refractivity contribution < 1.29 is 9.50 Å². The molecule has 0 radical (unpaired) electrons. The number of benzene rings is 1. The minimum Gasteiger partial charge on any atom is -0.374 e. The average molecular weight is 512 g/mol. The summed E-state index contributed by atoms with van der Waals surface area (Å²) in [7, 11) is 0. The van der Waals surface area contributed by atoms with Gasteiger partial charge in [-0.05, 0) is 36.4 Å². The highest BCUT2D eigenvalue weighted by atomic mass is 32.1. The van der Waals surface area contributed by atoms with E-state index in [9.17, 15) is 5.11 Å². The fraction of sp³-hybridized carbons (Fsp3) is 0.185. The molecule has 0 spiro atoms. The average Bonchev–Trinajstić information content (AvgIpc) is 3.62. The number of anilines is 1. The lowest BCUT2D eigenvalue weighted by atomic mass is 9.84. The van der Waals surface area contributed by atoms with Crippen LogP contribution in [0.15, 0.2) is 60.4 Å². The molecule has 184 valence electrons. The molecule has 0 amide bonds. The van der Waals surface area contributed by atoms with Gasteiger partial charge >= 0.3 is 0 Å². The normalized spacial score (nSPS) is 14.8. The minimum atomic E-state index is -0.654. The number of rotatable bonds is 6. The fourth-order valence-corrected chi connectivity index (χ4v) is 5.57. The van der Waals surface area contributed by atoms with Crippen LogP contribution in [0, 0.1) is 11.7 Å². The molecule has 1 aliphatic rings. The number of imidazole rings is 1. The Bertz CT molecular complexity index is 1740. The van der Waals surface area contributed by atoms with E-state index in [1.807, 2.05) is 29.6 Å². The number of nitrogens with one attached hydrogen (secondary N) is 3. The highest BCUT2D eigenvalue weighted by Crippen LogP contribution is 2.36. The predicted octanol–water partition coefficient (Wildman–Crippen LogP) is 5.96. The SMILES string of the molecule is OC(Nc1cncc(-c2ncc3[nH]nc(-c4nc5c(-c6cccs6)cccc5[nH]4)c3c2F)c1)C1CCC1. The Balaban J connectivity index is 1.30. The molecule has 1 aromatic carbocycles. The molecule has 4 N–H and O–H groups in total. The number of fused-ring (bicyclic) bond motifs is 2. The summed E-state index contributed by atoms with van der Waals surface area (Å²) >= 11 is 1.64. The summed E-state index contributed by atoms with van der Waals surface area (Å²) in [5.41, 5.74) is 4.78. The van der Waals surface area contributed by atoms with Crippen molar-refractivity contribution >= 4 is 39.0 Å². The molecule has 1 unspecified atom stereocenters. The summed E-state index contributed by atoms with van der Waals surface area (Å²) in [6, 6.07) is 11.8. The molecule has 8 nitrogen and oxygen atoms in total. The highest BCUT2D eigenvalue weighted by Gasteiger charge is 2.26. The van der Waals surface area contributed by atoms with Crippen LogP contribution >= 0.6 is 11.3 Å². The van der Waals surface area contributed by atoms with Gasteiger partial charge in [-0.15, -0.1) is 11.3 Å². The Morgan fingerprint density at radius 3 is 2.81 bits per heavy atom. The van der Waals surface area contributed by atoms with E-state index in [0.29, 0.717) is 33.7 Å². The van der Waals surface area contributed by atoms with E-state index < -0.39 is 12.0 Å². The van der Waals surface area contributed by atoms with Gasteiger partial charge in [0.15, 0.2) is 11.6 Å². The quantitative estimate of drug-likeness (QED) is 0.205. The maximum absolute atomic E-state index is 16.0. The summed E-state index contributed by atoms with van der Waals surface area (Å²) in [6.07, 6.45) is 7.20. The Labute approximate surface area is 214 Å². The summed E-state index contributed by atoms with van der Waals surface area (Å²) in [6.45, 7) is 0. The number of para-hydroxylation sites is 1. The number of aliphatic hydroxyl groups is 1. The third kappa shape index (κ3) is 3.76. The van der Waals surface area contributed by atoms with Gasteiger partial charge < -0.3 is 15.4 Å². The van der Waals surface area contributed by atoms with E-state index in [4.69, 9.17) is 4.98 Å². The van der Waals surface area contributed by atoms with Crippen LogP contribution in [0.3, 0.4) is 0 Å². The van der Waals surface area contributed by atoms with Crippen LogP contribution in [0.5, 0.6) is 0 Å². The van der Waals surface area contributed by atoms with Crippen LogP contribution < -0.4 is 5.32 Å². The first-order valence-corrected chi connectivity index (χ1v) is 13.0. The second kappa shape index (κ2) is 8.75. The fourth-order valence-electron chi connectivity index (χ4n) is 4.82. The van der Waals surface area contributed by atoms with Crippen molar-refractivity contribution in [2.45, 2.75) is 25.5 Å². The number of aromatic amines is 2. The first-order valence-electron chi connectivity index (χ1n) is 12.1. The zero-order valence-corrected chi connectivity index (χ0v) is 20.4. The number of nitrogens with zero attached hydrogens (tertiary/aromatic N) is 4. The number of halogens is 1. The second-order valence-corrected chi connectivity index (χ2v) is 10.2. The molecule has 5 heterocycles. The van der Waals surface area contributed by atoms with Gasteiger partial charge in [0.05, 0.1) is 40.0 Å². The topological polar surface area (TPSA) is 115 Å². The van der Waals surface area contributed by atoms with E-state index in [1.165, 1.54) is 0 Å². The van der Waals surface area contributed by atoms with E-state index >= 15 is 4.39 Å².